The Labute approximate surface area is 238 Å². The van der Waals surface area contributed by atoms with E-state index in [4.69, 9.17) is 18.9 Å². The third kappa shape index (κ3) is 10.3. The third-order valence-corrected chi connectivity index (χ3v) is 5.25. The summed E-state index contributed by atoms with van der Waals surface area (Å²) >= 11 is 0. The molecule has 0 aliphatic carbocycles. The summed E-state index contributed by atoms with van der Waals surface area (Å²) in [6.45, 7) is 10.1. The Balaban J connectivity index is 1.55. The van der Waals surface area contributed by atoms with Gasteiger partial charge in [-0.3, -0.25) is 0 Å². The number of halogens is 1. The predicted molar refractivity (Wildman–Crippen MR) is 158 cm³/mol. The first-order valence-corrected chi connectivity index (χ1v) is 12.4. The molecule has 0 aromatic heterocycles. The lowest BCUT2D eigenvalue weighted by Crippen LogP contribution is -1.99. The van der Waals surface area contributed by atoms with Crippen molar-refractivity contribution < 1.29 is 32.9 Å². The van der Waals surface area contributed by atoms with Crippen molar-refractivity contribution >= 4 is 36.2 Å². The molecule has 0 bridgehead atoms. The molecular weight excluding hydrogens is 523 g/mol. The summed E-state index contributed by atoms with van der Waals surface area (Å²) in [6.07, 6.45) is 11.9. The van der Waals surface area contributed by atoms with Gasteiger partial charge in [-0.2, -0.15) is 0 Å². The van der Waals surface area contributed by atoms with Crippen molar-refractivity contribution in [2.24, 2.45) is 0 Å². The van der Waals surface area contributed by atoms with Gasteiger partial charge in [-0.25, -0.2) is 14.0 Å². The molecule has 0 heterocycles. The van der Waals surface area contributed by atoms with E-state index in [0.717, 1.165) is 23.7 Å². The SMILES string of the molecule is C=C(C)C(=O)O/C=C\Oc1ccc(/C=C/c2ccc(/C=C/c3cccc(O/C=C\OC(=O)C(=C)C)c3)c(F)c2)cc1. The Kier molecular flexibility index (Phi) is 11.2. The minimum absolute atomic E-state index is 0.284. The molecule has 0 saturated carbocycles. The summed E-state index contributed by atoms with van der Waals surface area (Å²) in [5, 5.41) is 0. The predicted octanol–water partition coefficient (Wildman–Crippen LogP) is 8.11. The quantitative estimate of drug-likeness (QED) is 0.0978. The van der Waals surface area contributed by atoms with Gasteiger partial charge in [-0.05, 0) is 60.9 Å². The fraction of sp³-hybridized carbons (Fsp3) is 0.0588. The standard InChI is InChI=1S/C34H29FO6/c1-24(2)33(36)40-20-18-38-30-16-12-26(13-17-30)8-9-28-11-15-29(32(35)23-28)14-10-27-6-5-7-31(22-27)39-19-21-41-34(37)25(3)4/h5-23H,1,3H2,2,4H3/b9-8+,14-10+,20-18-,21-19-. The average Bonchev–Trinajstić information content (AvgIpc) is 2.96. The molecule has 0 fully saturated rings. The molecule has 41 heavy (non-hydrogen) atoms. The average molecular weight is 553 g/mol. The van der Waals surface area contributed by atoms with Gasteiger partial charge >= 0.3 is 11.9 Å². The normalized spacial score (nSPS) is 11.3. The van der Waals surface area contributed by atoms with Crippen molar-refractivity contribution in [3.8, 4) is 11.5 Å². The minimum Gasteiger partial charge on any atom is -0.462 e. The number of rotatable bonds is 12. The van der Waals surface area contributed by atoms with Crippen molar-refractivity contribution in [2.45, 2.75) is 13.8 Å². The van der Waals surface area contributed by atoms with E-state index in [1.807, 2.05) is 36.4 Å². The lowest BCUT2D eigenvalue weighted by molar-refractivity contribution is -0.134. The van der Waals surface area contributed by atoms with E-state index in [0.29, 0.717) is 28.2 Å². The largest absolute Gasteiger partial charge is 0.462 e. The first-order valence-electron chi connectivity index (χ1n) is 12.4. The summed E-state index contributed by atoms with van der Waals surface area (Å²) in [4.78, 5) is 22.7. The van der Waals surface area contributed by atoms with E-state index in [2.05, 4.69) is 13.2 Å². The molecule has 0 spiro atoms. The van der Waals surface area contributed by atoms with Gasteiger partial charge < -0.3 is 18.9 Å². The van der Waals surface area contributed by atoms with E-state index in [-0.39, 0.29) is 11.4 Å². The van der Waals surface area contributed by atoms with Crippen LogP contribution in [0.4, 0.5) is 4.39 Å². The molecule has 0 N–H and O–H groups in total. The monoisotopic (exact) mass is 552 g/mol. The van der Waals surface area contributed by atoms with Crippen LogP contribution < -0.4 is 9.47 Å². The first kappa shape index (κ1) is 30.1. The number of esters is 2. The molecule has 0 atom stereocenters. The second-order valence-corrected chi connectivity index (χ2v) is 8.74. The van der Waals surface area contributed by atoms with E-state index in [1.165, 1.54) is 18.6 Å². The van der Waals surface area contributed by atoms with Crippen LogP contribution >= 0.6 is 0 Å². The highest BCUT2D eigenvalue weighted by molar-refractivity contribution is 5.87. The number of carbonyl (C=O) groups excluding carboxylic acids is 2. The Morgan fingerprint density at radius 1 is 0.634 bits per heavy atom. The molecule has 3 rings (SSSR count). The van der Waals surface area contributed by atoms with Gasteiger partial charge in [0.25, 0.3) is 0 Å². The number of benzene rings is 3. The number of hydrogen-bond donors (Lipinski definition) is 0. The van der Waals surface area contributed by atoms with Crippen LogP contribution in [0.1, 0.15) is 36.1 Å². The molecule has 7 heteroatoms. The van der Waals surface area contributed by atoms with Crippen LogP contribution in [0.5, 0.6) is 11.5 Å². The summed E-state index contributed by atoms with van der Waals surface area (Å²) in [5.74, 6) is -0.347. The maximum absolute atomic E-state index is 14.8. The fourth-order valence-corrected chi connectivity index (χ4v) is 3.10. The molecular formula is C34H29FO6. The first-order chi connectivity index (χ1) is 19.7. The molecule has 208 valence electrons. The lowest BCUT2D eigenvalue weighted by atomic mass is 10.1. The third-order valence-electron chi connectivity index (χ3n) is 5.25. The smallest absolute Gasteiger partial charge is 0.338 e. The highest BCUT2D eigenvalue weighted by Gasteiger charge is 2.02. The zero-order valence-corrected chi connectivity index (χ0v) is 22.7. The van der Waals surface area contributed by atoms with Crippen LogP contribution in [0, 0.1) is 5.82 Å². The summed E-state index contributed by atoms with van der Waals surface area (Å²) < 4.78 is 35.2. The van der Waals surface area contributed by atoms with Crippen molar-refractivity contribution in [3.63, 3.8) is 0 Å². The van der Waals surface area contributed by atoms with Crippen LogP contribution in [0.25, 0.3) is 24.3 Å². The Hall–Kier alpha value is -5.43. The molecule has 6 nitrogen and oxygen atoms in total. The molecule has 3 aromatic rings. The number of ether oxygens (including phenoxy) is 4. The van der Waals surface area contributed by atoms with Gasteiger partial charge in [-0.1, -0.05) is 73.9 Å². The molecule has 0 aliphatic heterocycles. The molecule has 0 unspecified atom stereocenters. The fourth-order valence-electron chi connectivity index (χ4n) is 3.10. The second kappa shape index (κ2) is 15.2. The van der Waals surface area contributed by atoms with E-state index in [9.17, 15) is 14.0 Å². The maximum Gasteiger partial charge on any atom is 0.338 e. The van der Waals surface area contributed by atoms with Gasteiger partial charge in [-0.15, -0.1) is 0 Å². The lowest BCUT2D eigenvalue weighted by Gasteiger charge is -2.03. The maximum atomic E-state index is 14.8. The van der Waals surface area contributed by atoms with Crippen LogP contribution in [0.3, 0.4) is 0 Å². The summed E-state index contributed by atoms with van der Waals surface area (Å²) in [6, 6.07) is 19.3. The van der Waals surface area contributed by atoms with E-state index in [1.54, 1.807) is 62.4 Å². The van der Waals surface area contributed by atoms with E-state index >= 15 is 0 Å². The molecule has 0 amide bonds. The van der Waals surface area contributed by atoms with Gasteiger partial charge in [0.2, 0.25) is 0 Å². The molecule has 3 aromatic carbocycles. The van der Waals surface area contributed by atoms with Crippen LogP contribution in [0.15, 0.2) is 116 Å². The molecule has 0 aliphatic rings. The summed E-state index contributed by atoms with van der Waals surface area (Å²) in [7, 11) is 0. The summed E-state index contributed by atoms with van der Waals surface area (Å²) in [5.41, 5.74) is 3.41. The molecule has 0 radical (unpaired) electrons. The van der Waals surface area contributed by atoms with Crippen molar-refractivity contribution in [3.05, 3.63) is 144 Å². The van der Waals surface area contributed by atoms with Crippen molar-refractivity contribution in [1.29, 1.82) is 0 Å². The minimum atomic E-state index is -0.541. The number of hydrogen-bond acceptors (Lipinski definition) is 6. The van der Waals surface area contributed by atoms with Gasteiger partial charge in [0.1, 0.15) is 42.4 Å². The Morgan fingerprint density at radius 2 is 1.17 bits per heavy atom. The second-order valence-electron chi connectivity index (χ2n) is 8.74. The zero-order chi connectivity index (χ0) is 29.6. The van der Waals surface area contributed by atoms with Crippen molar-refractivity contribution in [1.82, 2.24) is 0 Å². The highest BCUT2D eigenvalue weighted by atomic mass is 19.1. The van der Waals surface area contributed by atoms with Gasteiger partial charge in [0.05, 0.1) is 0 Å². The number of carbonyl (C=O) groups is 2. The van der Waals surface area contributed by atoms with Crippen LogP contribution in [-0.2, 0) is 19.1 Å². The highest BCUT2D eigenvalue weighted by Crippen LogP contribution is 2.20. The van der Waals surface area contributed by atoms with Crippen LogP contribution in [0.2, 0.25) is 0 Å². The van der Waals surface area contributed by atoms with Gasteiger partial charge in [0.15, 0.2) is 0 Å². The molecule has 0 saturated heterocycles. The Morgan fingerprint density at radius 3 is 1.78 bits per heavy atom. The van der Waals surface area contributed by atoms with E-state index < -0.39 is 11.9 Å². The van der Waals surface area contributed by atoms with Gasteiger partial charge in [0, 0.05) is 16.7 Å². The van der Waals surface area contributed by atoms with Crippen LogP contribution in [-0.4, -0.2) is 11.9 Å². The topological polar surface area (TPSA) is 71.1 Å². The zero-order valence-electron chi connectivity index (χ0n) is 22.7. The Bertz CT molecular complexity index is 1530. The van der Waals surface area contributed by atoms with Crippen molar-refractivity contribution in [2.75, 3.05) is 0 Å².